The van der Waals surface area contributed by atoms with Crippen molar-refractivity contribution in [1.82, 2.24) is 24.6 Å². The maximum absolute atomic E-state index is 9.97. The third-order valence-corrected chi connectivity index (χ3v) is 5.56. The average molecular weight is 428 g/mol. The number of aromatic nitrogens is 5. The molecule has 1 atom stereocenters. The SMILES string of the molecule is Oc1ccc2c(c1)Oc1ncn3nc(-c4ccc(Cl)cc4)nc3c1[C@H]2c1cccnc1. The largest absolute Gasteiger partial charge is 0.508 e. The van der Waals surface area contributed by atoms with E-state index < -0.39 is 0 Å². The van der Waals surface area contributed by atoms with Crippen molar-refractivity contribution in [1.29, 1.82) is 0 Å². The fourth-order valence-corrected chi connectivity index (χ4v) is 4.04. The predicted molar refractivity (Wildman–Crippen MR) is 115 cm³/mol. The van der Waals surface area contributed by atoms with E-state index >= 15 is 0 Å². The molecule has 1 N–H and O–H groups in total. The van der Waals surface area contributed by atoms with Crippen LogP contribution in [-0.2, 0) is 0 Å². The first-order valence-corrected chi connectivity index (χ1v) is 9.97. The zero-order chi connectivity index (χ0) is 20.9. The molecule has 7 nitrogen and oxygen atoms in total. The van der Waals surface area contributed by atoms with Crippen molar-refractivity contribution < 1.29 is 9.84 Å². The molecule has 150 valence electrons. The molecule has 1 aliphatic rings. The molecule has 0 saturated carbocycles. The van der Waals surface area contributed by atoms with Gasteiger partial charge in [0.1, 0.15) is 17.8 Å². The van der Waals surface area contributed by atoms with Gasteiger partial charge in [0, 0.05) is 40.5 Å². The molecule has 0 amide bonds. The standard InChI is InChI=1S/C23H14ClN5O2/c24-15-5-3-13(4-6-15)21-27-22-20-19(14-2-1-9-25-11-14)17-8-7-16(30)10-18(17)31-23(20)26-12-29(22)28-21/h1-12,19,30H/t19-/m0/s1. The van der Waals surface area contributed by atoms with Gasteiger partial charge in [-0.3, -0.25) is 4.98 Å². The van der Waals surface area contributed by atoms with Gasteiger partial charge < -0.3 is 9.84 Å². The average Bonchev–Trinajstić information content (AvgIpc) is 3.23. The third kappa shape index (κ3) is 2.90. The Morgan fingerprint density at radius 3 is 2.74 bits per heavy atom. The van der Waals surface area contributed by atoms with Crippen molar-refractivity contribution >= 4 is 17.2 Å². The van der Waals surface area contributed by atoms with Crippen molar-refractivity contribution in [2.45, 2.75) is 5.92 Å². The number of hydrogen-bond acceptors (Lipinski definition) is 6. The van der Waals surface area contributed by atoms with Gasteiger partial charge in [0.15, 0.2) is 11.5 Å². The van der Waals surface area contributed by atoms with Crippen LogP contribution in [0.3, 0.4) is 0 Å². The smallest absolute Gasteiger partial charge is 0.228 e. The molecule has 8 heteroatoms. The summed E-state index contributed by atoms with van der Waals surface area (Å²) in [5, 5.41) is 15.2. The molecular weight excluding hydrogens is 414 g/mol. The van der Waals surface area contributed by atoms with E-state index in [0.29, 0.717) is 28.1 Å². The lowest BCUT2D eigenvalue weighted by Crippen LogP contribution is -2.15. The first kappa shape index (κ1) is 17.9. The number of phenolic OH excluding ortho intramolecular Hbond substituents is 1. The van der Waals surface area contributed by atoms with Gasteiger partial charge in [-0.2, -0.15) is 0 Å². The van der Waals surface area contributed by atoms with Gasteiger partial charge in [-0.05, 0) is 42.0 Å². The van der Waals surface area contributed by atoms with Crippen LogP contribution in [-0.4, -0.2) is 29.7 Å². The summed E-state index contributed by atoms with van der Waals surface area (Å²) in [4.78, 5) is 13.6. The molecule has 0 aliphatic carbocycles. The second-order valence-electron chi connectivity index (χ2n) is 7.22. The van der Waals surface area contributed by atoms with Crippen LogP contribution in [0.25, 0.3) is 17.0 Å². The van der Waals surface area contributed by atoms with Crippen molar-refractivity contribution in [2.24, 2.45) is 0 Å². The summed E-state index contributed by atoms with van der Waals surface area (Å²) in [6, 6.07) is 16.4. The Kier molecular flexibility index (Phi) is 3.91. The van der Waals surface area contributed by atoms with E-state index in [1.165, 1.54) is 0 Å². The minimum atomic E-state index is -0.230. The quantitative estimate of drug-likeness (QED) is 0.426. The lowest BCUT2D eigenvalue weighted by Gasteiger charge is -2.27. The number of nitrogens with zero attached hydrogens (tertiary/aromatic N) is 5. The van der Waals surface area contributed by atoms with E-state index in [1.54, 1.807) is 41.3 Å². The highest BCUT2D eigenvalue weighted by molar-refractivity contribution is 6.30. The van der Waals surface area contributed by atoms with Gasteiger partial charge in [0.25, 0.3) is 0 Å². The number of ether oxygens (including phenoxy) is 1. The molecule has 31 heavy (non-hydrogen) atoms. The maximum atomic E-state index is 9.97. The number of aromatic hydroxyl groups is 1. The van der Waals surface area contributed by atoms with Crippen LogP contribution in [0.2, 0.25) is 5.02 Å². The van der Waals surface area contributed by atoms with Gasteiger partial charge in [0.05, 0.1) is 5.56 Å². The molecule has 0 spiro atoms. The molecular formula is C23H14ClN5O2. The first-order valence-electron chi connectivity index (χ1n) is 9.59. The van der Waals surface area contributed by atoms with Crippen LogP contribution in [0.1, 0.15) is 22.6 Å². The monoisotopic (exact) mass is 427 g/mol. The third-order valence-electron chi connectivity index (χ3n) is 5.31. The van der Waals surface area contributed by atoms with E-state index in [2.05, 4.69) is 15.1 Å². The van der Waals surface area contributed by atoms with E-state index in [-0.39, 0.29) is 11.7 Å². The van der Waals surface area contributed by atoms with Crippen LogP contribution in [0.5, 0.6) is 17.4 Å². The topological polar surface area (TPSA) is 85.4 Å². The molecule has 1 aliphatic heterocycles. The van der Waals surface area contributed by atoms with E-state index in [9.17, 15) is 5.11 Å². The number of hydrogen-bond donors (Lipinski definition) is 1. The second-order valence-corrected chi connectivity index (χ2v) is 7.65. The van der Waals surface area contributed by atoms with Crippen molar-refractivity contribution in [3.8, 4) is 28.8 Å². The highest BCUT2D eigenvalue weighted by Crippen LogP contribution is 2.48. The highest BCUT2D eigenvalue weighted by atomic mass is 35.5. The molecule has 5 aromatic rings. The second kappa shape index (κ2) is 6.78. The van der Waals surface area contributed by atoms with Crippen LogP contribution in [0.15, 0.2) is 73.3 Å². The summed E-state index contributed by atoms with van der Waals surface area (Å²) in [5.41, 5.74) is 4.14. The predicted octanol–water partition coefficient (Wildman–Crippen LogP) is 4.83. The Morgan fingerprint density at radius 1 is 1.06 bits per heavy atom. The van der Waals surface area contributed by atoms with Crippen molar-refractivity contribution in [2.75, 3.05) is 0 Å². The summed E-state index contributed by atoms with van der Waals surface area (Å²) >= 11 is 6.02. The van der Waals surface area contributed by atoms with Crippen molar-refractivity contribution in [3.05, 3.63) is 95.0 Å². The molecule has 0 saturated heterocycles. The fraction of sp³-hybridized carbons (Fsp3) is 0.0435. The zero-order valence-electron chi connectivity index (χ0n) is 16.0. The number of pyridine rings is 1. The Labute approximate surface area is 181 Å². The molecule has 2 aromatic carbocycles. The van der Waals surface area contributed by atoms with Crippen LogP contribution >= 0.6 is 11.6 Å². The summed E-state index contributed by atoms with van der Waals surface area (Å²) in [6.45, 7) is 0. The molecule has 0 unspecified atom stereocenters. The Bertz CT molecular complexity index is 1430. The van der Waals surface area contributed by atoms with Crippen LogP contribution in [0.4, 0.5) is 0 Å². The van der Waals surface area contributed by atoms with E-state index in [1.807, 2.05) is 36.5 Å². The molecule has 0 bridgehead atoms. The Hall–Kier alpha value is -3.97. The minimum Gasteiger partial charge on any atom is -0.508 e. The molecule has 0 radical (unpaired) electrons. The van der Waals surface area contributed by atoms with Gasteiger partial charge in [0.2, 0.25) is 5.88 Å². The zero-order valence-corrected chi connectivity index (χ0v) is 16.7. The van der Waals surface area contributed by atoms with Crippen molar-refractivity contribution in [3.63, 3.8) is 0 Å². The lowest BCUT2D eigenvalue weighted by molar-refractivity contribution is 0.422. The number of benzene rings is 2. The van der Waals surface area contributed by atoms with E-state index in [0.717, 1.165) is 22.3 Å². The number of halogens is 1. The summed E-state index contributed by atoms with van der Waals surface area (Å²) in [5.74, 6) is 1.44. The van der Waals surface area contributed by atoms with Gasteiger partial charge in [-0.15, -0.1) is 5.10 Å². The highest BCUT2D eigenvalue weighted by Gasteiger charge is 2.33. The molecule has 4 heterocycles. The molecule has 0 fully saturated rings. The number of phenols is 1. The maximum Gasteiger partial charge on any atom is 0.228 e. The summed E-state index contributed by atoms with van der Waals surface area (Å²) in [7, 11) is 0. The lowest BCUT2D eigenvalue weighted by atomic mass is 9.84. The van der Waals surface area contributed by atoms with Gasteiger partial charge in [-0.1, -0.05) is 23.7 Å². The first-order chi connectivity index (χ1) is 15.2. The summed E-state index contributed by atoms with van der Waals surface area (Å²) < 4.78 is 7.71. The van der Waals surface area contributed by atoms with Crippen LogP contribution in [0, 0.1) is 0 Å². The van der Waals surface area contributed by atoms with Crippen LogP contribution < -0.4 is 4.74 Å². The Balaban J connectivity index is 1.61. The van der Waals surface area contributed by atoms with E-state index in [4.69, 9.17) is 21.3 Å². The molecule has 6 rings (SSSR count). The molecule has 3 aromatic heterocycles. The number of fused-ring (bicyclic) bond motifs is 4. The number of rotatable bonds is 2. The summed E-state index contributed by atoms with van der Waals surface area (Å²) in [6.07, 6.45) is 5.13. The minimum absolute atomic E-state index is 0.126. The normalized spacial score (nSPS) is 14.7. The Morgan fingerprint density at radius 2 is 1.94 bits per heavy atom. The van der Waals surface area contributed by atoms with Gasteiger partial charge >= 0.3 is 0 Å². The van der Waals surface area contributed by atoms with Gasteiger partial charge in [-0.25, -0.2) is 14.5 Å². The fourth-order valence-electron chi connectivity index (χ4n) is 3.92.